The lowest BCUT2D eigenvalue weighted by Crippen LogP contribution is -2.46. The number of aryl methyl sites for hydroxylation is 1. The van der Waals surface area contributed by atoms with E-state index < -0.39 is 29.4 Å². The molecule has 14 heteroatoms. The van der Waals surface area contributed by atoms with Crippen molar-refractivity contribution in [3.63, 3.8) is 0 Å². The molecule has 204 valence electrons. The number of rotatable bonds is 6. The van der Waals surface area contributed by atoms with Gasteiger partial charge in [-0.1, -0.05) is 6.07 Å². The lowest BCUT2D eigenvalue weighted by Gasteiger charge is -2.36. The topological polar surface area (TPSA) is 103 Å². The van der Waals surface area contributed by atoms with Crippen LogP contribution in [0.4, 0.5) is 29.1 Å². The van der Waals surface area contributed by atoms with Gasteiger partial charge in [0.1, 0.15) is 11.3 Å². The number of fused-ring (bicyclic) bond motifs is 1. The molecule has 3 aromatic heterocycles. The molecule has 1 aliphatic heterocycles. The van der Waals surface area contributed by atoms with Crippen LogP contribution in [0.3, 0.4) is 0 Å². The Balaban J connectivity index is 1.24. The number of hydrogen-bond donors (Lipinski definition) is 1. The smallest absolute Gasteiger partial charge is 0.285 e. The molecule has 1 fully saturated rings. The van der Waals surface area contributed by atoms with Crippen LogP contribution in [0.25, 0.3) is 11.0 Å². The van der Waals surface area contributed by atoms with Crippen molar-refractivity contribution in [2.24, 2.45) is 7.05 Å². The molecule has 0 spiro atoms. The number of nitrogens with zero attached hydrogens (tertiary/aromatic N) is 7. The molecule has 10 nitrogen and oxygen atoms in total. The van der Waals surface area contributed by atoms with E-state index in [9.17, 15) is 22.8 Å². The molecule has 4 heterocycles. The van der Waals surface area contributed by atoms with Crippen molar-refractivity contribution in [1.29, 1.82) is 0 Å². The number of nitrogens with one attached hydrogen (secondary N) is 1. The minimum Gasteiger partial charge on any atom is -0.365 e. The van der Waals surface area contributed by atoms with E-state index in [1.807, 2.05) is 9.80 Å². The average Bonchev–Trinajstić information content (AvgIpc) is 3.36. The van der Waals surface area contributed by atoms with Crippen molar-refractivity contribution < 1.29 is 22.4 Å². The number of anilines is 2. The van der Waals surface area contributed by atoms with Crippen molar-refractivity contribution in [3.8, 4) is 0 Å². The predicted molar refractivity (Wildman–Crippen MR) is 135 cm³/mol. The third-order valence-electron chi connectivity index (χ3n) is 6.64. The van der Waals surface area contributed by atoms with Gasteiger partial charge in [-0.15, -0.1) is 0 Å². The highest BCUT2D eigenvalue weighted by atomic mass is 19.3. The summed E-state index contributed by atoms with van der Waals surface area (Å²) in [6.07, 6.45) is -0.0815. The average molecular weight is 545 g/mol. The molecule has 5 rings (SSSR count). The SMILES string of the molecule is CN(C(=O)c1cnn(C)c1)c1ccc(N2CCN(Cc3ccc4nc(C(F)F)c(=O)[nH]c4c3F)CC2)c(F)n1. The Morgan fingerprint density at radius 3 is 2.49 bits per heavy atom. The van der Waals surface area contributed by atoms with Gasteiger partial charge in [-0.2, -0.15) is 9.49 Å². The van der Waals surface area contributed by atoms with Gasteiger partial charge < -0.3 is 9.88 Å². The van der Waals surface area contributed by atoms with Crippen LogP contribution >= 0.6 is 0 Å². The van der Waals surface area contributed by atoms with Gasteiger partial charge in [0.05, 0.1) is 23.0 Å². The van der Waals surface area contributed by atoms with Gasteiger partial charge in [0, 0.05) is 58.6 Å². The summed E-state index contributed by atoms with van der Waals surface area (Å²) < 4.78 is 57.4. The summed E-state index contributed by atoms with van der Waals surface area (Å²) in [6, 6.07) is 5.98. The number of benzene rings is 1. The monoisotopic (exact) mass is 544 g/mol. The molecular formula is C25H24F4N8O2. The third-order valence-corrected chi connectivity index (χ3v) is 6.64. The number of pyridine rings is 1. The molecule has 1 aromatic carbocycles. The molecule has 1 amide bonds. The standard InChI is InChI=1S/C25H24F4N8O2/c1-34-12-15(11-30-34)25(39)35(2)18-6-5-17(23(29)32-18)37-9-7-36(8-10-37)13-14-3-4-16-20(19(14)26)33-24(38)21(31-16)22(27)28/h3-6,11-12,22H,7-10,13H2,1-2H3,(H,33,38). The first-order valence-electron chi connectivity index (χ1n) is 12.0. The number of carbonyl (C=O) groups is 1. The summed E-state index contributed by atoms with van der Waals surface area (Å²) in [6.45, 7) is 2.05. The third kappa shape index (κ3) is 5.19. The molecule has 39 heavy (non-hydrogen) atoms. The normalized spacial score (nSPS) is 14.4. The van der Waals surface area contributed by atoms with E-state index in [1.165, 1.54) is 35.0 Å². The minimum absolute atomic E-state index is 0.0600. The van der Waals surface area contributed by atoms with Gasteiger partial charge in [0.15, 0.2) is 11.5 Å². The van der Waals surface area contributed by atoms with Crippen LogP contribution in [-0.2, 0) is 13.6 Å². The second kappa shape index (κ2) is 10.4. The van der Waals surface area contributed by atoms with E-state index in [2.05, 4.69) is 20.1 Å². The largest absolute Gasteiger partial charge is 0.365 e. The van der Waals surface area contributed by atoms with Crippen molar-refractivity contribution in [1.82, 2.24) is 29.6 Å². The molecule has 1 saturated heterocycles. The Morgan fingerprint density at radius 2 is 1.85 bits per heavy atom. The van der Waals surface area contributed by atoms with E-state index >= 15 is 4.39 Å². The van der Waals surface area contributed by atoms with Crippen LogP contribution in [0.2, 0.25) is 0 Å². The summed E-state index contributed by atoms with van der Waals surface area (Å²) >= 11 is 0. The Bertz CT molecular complexity index is 1600. The number of carbonyl (C=O) groups excluding carboxylic acids is 1. The molecular weight excluding hydrogens is 520 g/mol. The first-order chi connectivity index (χ1) is 18.6. The number of halogens is 4. The number of alkyl halides is 2. The number of hydrogen-bond acceptors (Lipinski definition) is 7. The van der Waals surface area contributed by atoms with E-state index in [0.717, 1.165) is 0 Å². The second-order valence-electron chi connectivity index (χ2n) is 9.19. The van der Waals surface area contributed by atoms with E-state index in [1.54, 1.807) is 25.4 Å². The zero-order valence-corrected chi connectivity index (χ0v) is 21.0. The van der Waals surface area contributed by atoms with E-state index in [-0.39, 0.29) is 40.6 Å². The lowest BCUT2D eigenvalue weighted by molar-refractivity contribution is 0.0992. The molecule has 0 unspecified atom stereocenters. The predicted octanol–water partition coefficient (Wildman–Crippen LogP) is 2.87. The Kier molecular flexibility index (Phi) is 7.04. The highest BCUT2D eigenvalue weighted by Crippen LogP contribution is 2.25. The van der Waals surface area contributed by atoms with Crippen molar-refractivity contribution >= 4 is 28.4 Å². The van der Waals surface area contributed by atoms with Crippen molar-refractivity contribution in [3.05, 3.63) is 75.6 Å². The highest BCUT2D eigenvalue weighted by Gasteiger charge is 2.24. The zero-order chi connectivity index (χ0) is 27.8. The van der Waals surface area contributed by atoms with Crippen LogP contribution < -0.4 is 15.4 Å². The maximum atomic E-state index is 15.1. The molecule has 0 radical (unpaired) electrons. The number of aromatic nitrogens is 5. The Hall–Kier alpha value is -4.33. The molecule has 1 aliphatic rings. The molecule has 0 aliphatic carbocycles. The number of aromatic amines is 1. The quantitative estimate of drug-likeness (QED) is 0.294. The summed E-state index contributed by atoms with van der Waals surface area (Å²) in [5, 5.41) is 3.97. The summed E-state index contributed by atoms with van der Waals surface area (Å²) in [5.41, 5.74) is -1.45. The minimum atomic E-state index is -3.07. The van der Waals surface area contributed by atoms with Gasteiger partial charge in [-0.25, -0.2) is 23.1 Å². The lowest BCUT2D eigenvalue weighted by atomic mass is 10.1. The van der Waals surface area contributed by atoms with Crippen LogP contribution in [-0.4, -0.2) is 68.8 Å². The maximum Gasteiger partial charge on any atom is 0.285 e. The highest BCUT2D eigenvalue weighted by molar-refractivity contribution is 6.04. The number of H-pyrrole nitrogens is 1. The van der Waals surface area contributed by atoms with Gasteiger partial charge >= 0.3 is 0 Å². The molecule has 0 saturated carbocycles. The van der Waals surface area contributed by atoms with Gasteiger partial charge in [-0.3, -0.25) is 24.1 Å². The van der Waals surface area contributed by atoms with E-state index in [4.69, 9.17) is 0 Å². The molecule has 4 aromatic rings. The number of amides is 1. The van der Waals surface area contributed by atoms with Gasteiger partial charge in [-0.05, 0) is 18.2 Å². The van der Waals surface area contributed by atoms with Gasteiger partial charge in [0.25, 0.3) is 17.9 Å². The van der Waals surface area contributed by atoms with Crippen LogP contribution in [0.15, 0.2) is 41.5 Å². The second-order valence-corrected chi connectivity index (χ2v) is 9.19. The van der Waals surface area contributed by atoms with Crippen molar-refractivity contribution in [2.45, 2.75) is 13.0 Å². The maximum absolute atomic E-state index is 15.1. The fourth-order valence-electron chi connectivity index (χ4n) is 4.51. The first kappa shape index (κ1) is 26.3. The van der Waals surface area contributed by atoms with E-state index in [0.29, 0.717) is 31.7 Å². The summed E-state index contributed by atoms with van der Waals surface area (Å²) in [5.74, 6) is -1.65. The fourth-order valence-corrected chi connectivity index (χ4v) is 4.51. The Morgan fingerprint density at radius 1 is 1.10 bits per heavy atom. The van der Waals surface area contributed by atoms with Crippen LogP contribution in [0, 0.1) is 11.8 Å². The summed E-state index contributed by atoms with van der Waals surface area (Å²) in [7, 11) is 3.19. The van der Waals surface area contributed by atoms with Gasteiger partial charge in [0.2, 0.25) is 5.95 Å². The molecule has 0 atom stereocenters. The summed E-state index contributed by atoms with van der Waals surface area (Å²) in [4.78, 5) is 39.2. The van der Waals surface area contributed by atoms with Crippen LogP contribution in [0.1, 0.15) is 28.0 Å². The first-order valence-corrected chi connectivity index (χ1v) is 12.0. The zero-order valence-electron chi connectivity index (χ0n) is 21.0. The van der Waals surface area contributed by atoms with Crippen molar-refractivity contribution in [2.75, 3.05) is 43.0 Å². The molecule has 1 N–H and O–H groups in total. The fraction of sp³-hybridized carbons (Fsp3) is 0.320. The Labute approximate surface area is 219 Å². The van der Waals surface area contributed by atoms with Crippen LogP contribution in [0.5, 0.6) is 0 Å². The molecule has 0 bridgehead atoms. The number of piperazine rings is 1.